The van der Waals surface area contributed by atoms with E-state index in [1.807, 2.05) is 0 Å². The molecule has 0 spiro atoms. The molecule has 80 valence electrons. The van der Waals surface area contributed by atoms with Crippen LogP contribution in [0, 0.1) is 0 Å². The SMILES string of the molecule is N[C@H]1CCOc2c(C(=O)O)ccc(Br)c21. The molecule has 0 radical (unpaired) electrons. The maximum Gasteiger partial charge on any atom is 0.339 e. The number of nitrogens with two attached hydrogens (primary N) is 1. The Morgan fingerprint density at radius 1 is 1.60 bits per heavy atom. The van der Waals surface area contributed by atoms with Crippen LogP contribution in [-0.2, 0) is 0 Å². The second-order valence-corrected chi connectivity index (χ2v) is 4.24. The predicted octanol–water partition coefficient (Wildman–Crippen LogP) is 1.93. The average Bonchev–Trinajstić information content (AvgIpc) is 2.17. The van der Waals surface area contributed by atoms with E-state index < -0.39 is 5.97 Å². The summed E-state index contributed by atoms with van der Waals surface area (Å²) in [5.74, 6) is -0.594. The number of hydrogen-bond acceptors (Lipinski definition) is 3. The first-order valence-electron chi connectivity index (χ1n) is 4.55. The second-order valence-electron chi connectivity index (χ2n) is 3.39. The predicted molar refractivity (Wildman–Crippen MR) is 58.1 cm³/mol. The summed E-state index contributed by atoms with van der Waals surface area (Å²) in [6.07, 6.45) is 0.703. The van der Waals surface area contributed by atoms with Crippen LogP contribution in [0.2, 0.25) is 0 Å². The van der Waals surface area contributed by atoms with Gasteiger partial charge in [-0.3, -0.25) is 0 Å². The molecule has 1 aliphatic rings. The van der Waals surface area contributed by atoms with Crippen LogP contribution in [0.3, 0.4) is 0 Å². The van der Waals surface area contributed by atoms with Crippen molar-refractivity contribution in [2.75, 3.05) is 6.61 Å². The van der Waals surface area contributed by atoms with Crippen LogP contribution < -0.4 is 10.5 Å². The van der Waals surface area contributed by atoms with Crippen LogP contribution in [0.25, 0.3) is 0 Å². The summed E-state index contributed by atoms with van der Waals surface area (Å²) in [5, 5.41) is 8.98. The topological polar surface area (TPSA) is 72.5 Å². The summed E-state index contributed by atoms with van der Waals surface area (Å²) in [5.41, 5.74) is 6.83. The quantitative estimate of drug-likeness (QED) is 0.819. The molecule has 0 amide bonds. The van der Waals surface area contributed by atoms with Gasteiger partial charge in [-0.15, -0.1) is 0 Å². The van der Waals surface area contributed by atoms with Gasteiger partial charge in [-0.25, -0.2) is 4.79 Å². The van der Waals surface area contributed by atoms with Gasteiger partial charge in [0.2, 0.25) is 0 Å². The molecule has 1 atom stereocenters. The van der Waals surface area contributed by atoms with Crippen LogP contribution in [0.1, 0.15) is 28.4 Å². The molecule has 0 fully saturated rings. The van der Waals surface area contributed by atoms with E-state index in [0.29, 0.717) is 18.8 Å². The molecule has 0 bridgehead atoms. The summed E-state index contributed by atoms with van der Waals surface area (Å²) in [7, 11) is 0. The van der Waals surface area contributed by atoms with Gasteiger partial charge in [0.15, 0.2) is 0 Å². The Balaban J connectivity index is 2.63. The van der Waals surface area contributed by atoms with Gasteiger partial charge in [0.05, 0.1) is 6.61 Å². The highest BCUT2D eigenvalue weighted by Crippen LogP contribution is 2.38. The lowest BCUT2D eigenvalue weighted by molar-refractivity contribution is 0.0690. The Morgan fingerprint density at radius 2 is 2.33 bits per heavy atom. The van der Waals surface area contributed by atoms with E-state index in [2.05, 4.69) is 15.9 Å². The van der Waals surface area contributed by atoms with Crippen molar-refractivity contribution in [2.45, 2.75) is 12.5 Å². The Hall–Kier alpha value is -1.07. The van der Waals surface area contributed by atoms with E-state index in [-0.39, 0.29) is 11.6 Å². The lowest BCUT2D eigenvalue weighted by Gasteiger charge is -2.25. The van der Waals surface area contributed by atoms with Crippen molar-refractivity contribution in [2.24, 2.45) is 5.73 Å². The zero-order valence-electron chi connectivity index (χ0n) is 7.87. The molecule has 0 saturated heterocycles. The van der Waals surface area contributed by atoms with Gasteiger partial charge in [-0.05, 0) is 12.1 Å². The fraction of sp³-hybridized carbons (Fsp3) is 0.300. The van der Waals surface area contributed by atoms with Gasteiger partial charge >= 0.3 is 5.97 Å². The summed E-state index contributed by atoms with van der Waals surface area (Å²) < 4.78 is 6.18. The fourth-order valence-electron chi connectivity index (χ4n) is 1.68. The molecule has 5 heteroatoms. The van der Waals surface area contributed by atoms with Crippen molar-refractivity contribution in [3.8, 4) is 5.75 Å². The molecule has 0 saturated carbocycles. The highest BCUT2D eigenvalue weighted by atomic mass is 79.9. The molecule has 15 heavy (non-hydrogen) atoms. The average molecular weight is 272 g/mol. The highest BCUT2D eigenvalue weighted by molar-refractivity contribution is 9.10. The summed E-state index contributed by atoms with van der Waals surface area (Å²) >= 11 is 3.35. The number of carboxylic acid groups (broad SMARTS) is 1. The van der Waals surface area contributed by atoms with Gasteiger partial charge in [0.25, 0.3) is 0 Å². The Kier molecular flexibility index (Phi) is 2.67. The van der Waals surface area contributed by atoms with Crippen LogP contribution in [0.5, 0.6) is 5.75 Å². The molecule has 1 aliphatic heterocycles. The molecule has 1 aromatic rings. The number of rotatable bonds is 1. The lowest BCUT2D eigenvalue weighted by atomic mass is 9.98. The first-order valence-corrected chi connectivity index (χ1v) is 5.34. The summed E-state index contributed by atoms with van der Waals surface area (Å²) in [6, 6.07) is 3.04. The van der Waals surface area contributed by atoms with E-state index >= 15 is 0 Å². The number of benzene rings is 1. The van der Waals surface area contributed by atoms with Crippen molar-refractivity contribution in [1.82, 2.24) is 0 Å². The van der Waals surface area contributed by atoms with Crippen molar-refractivity contribution >= 4 is 21.9 Å². The zero-order chi connectivity index (χ0) is 11.0. The van der Waals surface area contributed by atoms with Crippen molar-refractivity contribution < 1.29 is 14.6 Å². The molecule has 0 aliphatic carbocycles. The Bertz CT molecular complexity index is 419. The molecule has 1 heterocycles. The third-order valence-corrected chi connectivity index (χ3v) is 3.11. The molecular formula is C10H10BrNO3. The molecule has 4 nitrogen and oxygen atoms in total. The maximum absolute atomic E-state index is 11.0. The Morgan fingerprint density at radius 3 is 3.00 bits per heavy atom. The largest absolute Gasteiger partial charge is 0.492 e. The lowest BCUT2D eigenvalue weighted by Crippen LogP contribution is -2.22. The zero-order valence-corrected chi connectivity index (χ0v) is 9.45. The van der Waals surface area contributed by atoms with Crippen LogP contribution >= 0.6 is 15.9 Å². The fourth-order valence-corrected chi connectivity index (χ4v) is 2.28. The molecule has 3 N–H and O–H groups in total. The molecular weight excluding hydrogens is 262 g/mol. The van der Waals surface area contributed by atoms with E-state index in [1.165, 1.54) is 6.07 Å². The van der Waals surface area contributed by atoms with Gasteiger partial charge < -0.3 is 15.6 Å². The van der Waals surface area contributed by atoms with Crippen LogP contribution in [0.15, 0.2) is 16.6 Å². The van der Waals surface area contributed by atoms with Crippen LogP contribution in [-0.4, -0.2) is 17.7 Å². The van der Waals surface area contributed by atoms with Gasteiger partial charge in [-0.2, -0.15) is 0 Å². The number of carboxylic acids is 1. The number of fused-ring (bicyclic) bond motifs is 1. The third kappa shape index (κ3) is 1.72. The number of ether oxygens (including phenoxy) is 1. The van der Waals surface area contributed by atoms with Gasteiger partial charge in [0, 0.05) is 22.5 Å². The number of carbonyl (C=O) groups is 1. The van der Waals surface area contributed by atoms with Gasteiger partial charge in [-0.1, -0.05) is 15.9 Å². The van der Waals surface area contributed by atoms with Crippen molar-refractivity contribution in [3.05, 3.63) is 27.7 Å². The normalized spacial score (nSPS) is 19.2. The van der Waals surface area contributed by atoms with E-state index in [9.17, 15) is 4.79 Å². The number of aromatic carboxylic acids is 1. The molecule has 0 aromatic heterocycles. The minimum absolute atomic E-state index is 0.164. The standard InChI is InChI=1S/C10H10BrNO3/c11-6-2-1-5(10(13)14)9-8(6)7(12)3-4-15-9/h1-2,7H,3-4,12H2,(H,13,14)/t7-/m0/s1. The van der Waals surface area contributed by atoms with Gasteiger partial charge in [0.1, 0.15) is 11.3 Å². The maximum atomic E-state index is 11.0. The molecule has 1 aromatic carbocycles. The smallest absolute Gasteiger partial charge is 0.339 e. The van der Waals surface area contributed by atoms with Crippen molar-refractivity contribution in [3.63, 3.8) is 0 Å². The molecule has 0 unspecified atom stereocenters. The summed E-state index contributed by atoms with van der Waals surface area (Å²) in [6.45, 7) is 0.463. The second kappa shape index (κ2) is 3.83. The van der Waals surface area contributed by atoms with Crippen LogP contribution in [0.4, 0.5) is 0 Å². The number of hydrogen-bond donors (Lipinski definition) is 2. The highest BCUT2D eigenvalue weighted by Gasteiger charge is 2.25. The monoisotopic (exact) mass is 271 g/mol. The first kappa shape index (κ1) is 10.4. The van der Waals surface area contributed by atoms with E-state index in [4.69, 9.17) is 15.6 Å². The minimum atomic E-state index is -0.993. The first-order chi connectivity index (χ1) is 7.11. The number of halogens is 1. The van der Waals surface area contributed by atoms with E-state index in [1.54, 1.807) is 6.07 Å². The Labute approximate surface area is 95.2 Å². The minimum Gasteiger partial charge on any atom is -0.492 e. The summed E-state index contributed by atoms with van der Waals surface area (Å²) in [4.78, 5) is 11.0. The van der Waals surface area contributed by atoms with Crippen molar-refractivity contribution in [1.29, 1.82) is 0 Å². The van der Waals surface area contributed by atoms with E-state index in [0.717, 1.165) is 10.0 Å². The third-order valence-electron chi connectivity index (χ3n) is 2.42. The molecule has 2 rings (SSSR count).